The number of imide groups is 1. The van der Waals surface area contributed by atoms with E-state index in [-0.39, 0.29) is 29.5 Å². The lowest BCUT2D eigenvalue weighted by molar-refractivity contribution is -0.137. The first-order chi connectivity index (χ1) is 21.7. The number of carbonyl (C=O) groups excluding carboxylic acids is 3. The molecule has 45 heavy (non-hydrogen) atoms. The van der Waals surface area contributed by atoms with Gasteiger partial charge in [0.1, 0.15) is 6.04 Å². The molecule has 10 nitrogen and oxygen atoms in total. The lowest BCUT2D eigenvalue weighted by atomic mass is 9.87. The Morgan fingerprint density at radius 1 is 1.07 bits per heavy atom. The molecule has 2 aliphatic heterocycles. The van der Waals surface area contributed by atoms with Gasteiger partial charge in [-0.15, -0.1) is 0 Å². The summed E-state index contributed by atoms with van der Waals surface area (Å²) in [5, 5.41) is 14.3. The Bertz CT molecular complexity index is 1470. The van der Waals surface area contributed by atoms with Crippen LogP contribution >= 0.6 is 12.8 Å². The maximum Gasteiger partial charge on any atom is 0.338 e. The maximum absolute atomic E-state index is 14.0. The van der Waals surface area contributed by atoms with Gasteiger partial charge in [-0.1, -0.05) is 49.9 Å². The number of esters is 1. The van der Waals surface area contributed by atoms with Crippen LogP contribution in [-0.4, -0.2) is 67.2 Å². The summed E-state index contributed by atoms with van der Waals surface area (Å²) in [7, 11) is 2.50. The fraction of sp³-hybridized carbons (Fsp3) is 0.438. The van der Waals surface area contributed by atoms with E-state index in [1.54, 1.807) is 0 Å². The minimum atomic E-state index is -1.33. The molecule has 2 heterocycles. The number of nitrogens with one attached hydrogen (secondary N) is 2. The predicted molar refractivity (Wildman–Crippen MR) is 165 cm³/mol. The van der Waals surface area contributed by atoms with E-state index in [0.717, 1.165) is 81.3 Å². The number of ether oxygens (including phenoxy) is 2. The summed E-state index contributed by atoms with van der Waals surface area (Å²) in [5.74, 6) is -2.58. The summed E-state index contributed by atoms with van der Waals surface area (Å²) in [4.78, 5) is 39.2. The van der Waals surface area contributed by atoms with Crippen molar-refractivity contribution in [1.82, 2.24) is 19.8 Å². The van der Waals surface area contributed by atoms with Crippen LogP contribution in [0.2, 0.25) is 0 Å². The summed E-state index contributed by atoms with van der Waals surface area (Å²) in [5.41, 5.74) is 2.05. The van der Waals surface area contributed by atoms with Crippen molar-refractivity contribution in [3.05, 3.63) is 82.1 Å². The minimum absolute atomic E-state index is 0.0410. The third-order valence-electron chi connectivity index (χ3n) is 8.18. The number of piperidine rings is 1. The molecule has 240 valence electrons. The van der Waals surface area contributed by atoms with Crippen molar-refractivity contribution in [2.45, 2.75) is 56.5 Å². The van der Waals surface area contributed by atoms with E-state index in [9.17, 15) is 23.2 Å². The van der Waals surface area contributed by atoms with Gasteiger partial charge >= 0.3 is 18.0 Å². The van der Waals surface area contributed by atoms with Crippen LogP contribution in [-0.2, 0) is 14.3 Å². The maximum atomic E-state index is 14.0. The van der Waals surface area contributed by atoms with Crippen molar-refractivity contribution in [3.63, 3.8) is 0 Å². The highest BCUT2D eigenvalue weighted by Crippen LogP contribution is 2.36. The van der Waals surface area contributed by atoms with E-state index >= 15 is 0 Å². The first-order valence-electron chi connectivity index (χ1n) is 14.8. The SMILES string of the molecule is COCC1=C(C(=O)OC)[C@H](c2ccc(F)c(F)c2)N(C(=O)NC2CCCC2)C(=O)N1.N#Cc1ccccc1C1CCN(S)CC1. The molecule has 2 aromatic rings. The highest BCUT2D eigenvalue weighted by atomic mass is 32.1. The second-order valence-electron chi connectivity index (χ2n) is 11.1. The number of carbonyl (C=O) groups is 3. The Hall–Kier alpha value is -3.99. The average molecular weight is 642 g/mol. The van der Waals surface area contributed by atoms with Gasteiger partial charge in [0.15, 0.2) is 11.6 Å². The molecule has 0 aromatic heterocycles. The van der Waals surface area contributed by atoms with E-state index < -0.39 is 35.7 Å². The molecular formula is C32H37F2N5O5S. The van der Waals surface area contributed by atoms with Crippen molar-refractivity contribution >= 4 is 30.8 Å². The molecule has 2 N–H and O–H groups in total. The fourth-order valence-electron chi connectivity index (χ4n) is 5.92. The molecule has 5 rings (SSSR count). The molecule has 1 aliphatic carbocycles. The van der Waals surface area contributed by atoms with Gasteiger partial charge in [-0.2, -0.15) is 5.26 Å². The van der Waals surface area contributed by atoms with Crippen molar-refractivity contribution in [1.29, 1.82) is 5.26 Å². The van der Waals surface area contributed by atoms with E-state index in [0.29, 0.717) is 5.92 Å². The van der Waals surface area contributed by atoms with Crippen LogP contribution in [0.25, 0.3) is 0 Å². The Morgan fingerprint density at radius 3 is 2.38 bits per heavy atom. The first kappa shape index (κ1) is 33.9. The normalized spacial score (nSPS) is 19.3. The lowest BCUT2D eigenvalue weighted by Crippen LogP contribution is -2.56. The van der Waals surface area contributed by atoms with Gasteiger partial charge in [0.05, 0.1) is 36.6 Å². The van der Waals surface area contributed by atoms with Crippen LogP contribution < -0.4 is 10.6 Å². The van der Waals surface area contributed by atoms with E-state index in [1.165, 1.54) is 18.7 Å². The van der Waals surface area contributed by atoms with Gasteiger partial charge in [0.25, 0.3) is 0 Å². The molecule has 0 spiro atoms. The monoisotopic (exact) mass is 641 g/mol. The Kier molecular flexibility index (Phi) is 11.9. The van der Waals surface area contributed by atoms with Crippen LogP contribution in [0, 0.1) is 23.0 Å². The number of urea groups is 2. The van der Waals surface area contributed by atoms with Crippen LogP contribution in [0.3, 0.4) is 0 Å². The Morgan fingerprint density at radius 2 is 1.76 bits per heavy atom. The number of methoxy groups -OCH3 is 2. The van der Waals surface area contributed by atoms with E-state index in [4.69, 9.17) is 14.7 Å². The third kappa shape index (κ3) is 8.19. The van der Waals surface area contributed by atoms with Gasteiger partial charge in [-0.25, -0.2) is 28.1 Å². The Balaban J connectivity index is 0.000000256. The number of hydrogen-bond acceptors (Lipinski definition) is 8. The zero-order valence-electron chi connectivity index (χ0n) is 25.2. The molecule has 0 radical (unpaired) electrons. The van der Waals surface area contributed by atoms with Crippen LogP contribution in [0.5, 0.6) is 0 Å². The van der Waals surface area contributed by atoms with Crippen molar-refractivity contribution in [2.75, 3.05) is 33.9 Å². The largest absolute Gasteiger partial charge is 0.466 e. The molecule has 3 aliphatic rings. The second-order valence-corrected chi connectivity index (χ2v) is 11.6. The minimum Gasteiger partial charge on any atom is -0.466 e. The van der Waals surface area contributed by atoms with Gasteiger partial charge in [-0.3, -0.25) is 4.31 Å². The summed E-state index contributed by atoms with van der Waals surface area (Å²) in [6.45, 7) is 1.86. The molecule has 1 saturated heterocycles. The summed E-state index contributed by atoms with van der Waals surface area (Å²) >= 11 is 4.33. The number of thiol groups is 1. The number of rotatable bonds is 6. The summed E-state index contributed by atoms with van der Waals surface area (Å²) < 4.78 is 39.4. The summed E-state index contributed by atoms with van der Waals surface area (Å²) in [6.07, 6.45) is 5.64. The van der Waals surface area contributed by atoms with E-state index in [2.05, 4.69) is 35.6 Å². The van der Waals surface area contributed by atoms with Gasteiger partial charge < -0.3 is 20.1 Å². The lowest BCUT2D eigenvalue weighted by Gasteiger charge is -2.37. The molecule has 13 heteroatoms. The molecule has 2 aromatic carbocycles. The average Bonchev–Trinajstić information content (AvgIpc) is 3.55. The quantitative estimate of drug-likeness (QED) is 0.288. The molecule has 1 saturated carbocycles. The number of nitrogens with zero attached hydrogens (tertiary/aromatic N) is 3. The third-order valence-corrected chi connectivity index (χ3v) is 8.58. The molecular weight excluding hydrogens is 604 g/mol. The highest BCUT2D eigenvalue weighted by Gasteiger charge is 2.43. The van der Waals surface area contributed by atoms with Gasteiger partial charge in [0, 0.05) is 26.2 Å². The first-order valence-corrected chi connectivity index (χ1v) is 15.2. The molecule has 0 bridgehead atoms. The zero-order chi connectivity index (χ0) is 32.5. The molecule has 1 atom stereocenters. The number of halogens is 2. The standard InChI is InChI=1S/C20H23F2N3O5.C12H14N2S/c1-29-10-15-16(18(26)30-2)17(11-7-8-13(21)14(22)9-11)25(20(28)24-15)19(27)23-12-5-3-4-6-12;13-9-11-3-1-2-4-12(11)10-5-7-14(15)8-6-10/h7-9,12,17H,3-6,10H2,1-2H3,(H,23,27)(H,24,28);1-4,10,15H,5-8H2/t17-;/m0./s1. The van der Waals surface area contributed by atoms with Gasteiger partial charge in [0.2, 0.25) is 0 Å². The van der Waals surface area contributed by atoms with Crippen LogP contribution in [0.1, 0.15) is 67.2 Å². The molecule has 4 amide bonds. The number of amides is 4. The van der Waals surface area contributed by atoms with Gasteiger partial charge in [-0.05, 0) is 60.9 Å². The highest BCUT2D eigenvalue weighted by molar-refractivity contribution is 7.77. The molecule has 2 fully saturated rings. The van der Waals surface area contributed by atoms with E-state index in [1.807, 2.05) is 22.5 Å². The van der Waals surface area contributed by atoms with Crippen molar-refractivity contribution < 1.29 is 32.6 Å². The zero-order valence-corrected chi connectivity index (χ0v) is 26.1. The fourth-order valence-corrected chi connectivity index (χ4v) is 6.16. The van der Waals surface area contributed by atoms with Crippen LogP contribution in [0.15, 0.2) is 53.7 Å². The van der Waals surface area contributed by atoms with Crippen molar-refractivity contribution in [2.24, 2.45) is 0 Å². The summed E-state index contributed by atoms with van der Waals surface area (Å²) in [6, 6.07) is 10.1. The number of benzene rings is 2. The second kappa shape index (κ2) is 15.8. The molecule has 0 unspecified atom stereocenters. The van der Waals surface area contributed by atoms with Crippen molar-refractivity contribution in [3.8, 4) is 6.07 Å². The van der Waals surface area contributed by atoms with Crippen LogP contribution in [0.4, 0.5) is 18.4 Å². The smallest absolute Gasteiger partial charge is 0.338 e. The Labute approximate surface area is 266 Å². The number of hydrogen-bond donors (Lipinski definition) is 3. The number of nitriles is 1. The topological polar surface area (TPSA) is 124 Å². The predicted octanol–water partition coefficient (Wildman–Crippen LogP) is 5.34.